The van der Waals surface area contributed by atoms with Crippen LogP contribution in [0.4, 0.5) is 10.3 Å². The molecule has 5 nitrogen and oxygen atoms in total. The molecular weight excluding hydrogens is 355 g/mol. The van der Waals surface area contributed by atoms with Crippen LogP contribution < -0.4 is 5.73 Å². The van der Waals surface area contributed by atoms with Crippen LogP contribution in [0.1, 0.15) is 41.4 Å². The van der Waals surface area contributed by atoms with Crippen molar-refractivity contribution in [3.05, 3.63) is 77.9 Å². The lowest BCUT2D eigenvalue weighted by atomic mass is 9.93. The Morgan fingerprint density at radius 2 is 1.82 bits per heavy atom. The molecule has 0 unspecified atom stereocenters. The average molecular weight is 376 g/mol. The predicted molar refractivity (Wildman–Crippen MR) is 106 cm³/mol. The quantitative estimate of drug-likeness (QED) is 0.742. The van der Waals surface area contributed by atoms with Gasteiger partial charge in [-0.05, 0) is 49.1 Å². The zero-order valence-electron chi connectivity index (χ0n) is 15.4. The topological polar surface area (TPSA) is 72.1 Å². The first-order valence-electron chi connectivity index (χ1n) is 9.38. The van der Waals surface area contributed by atoms with Crippen LogP contribution in [-0.4, -0.2) is 27.3 Å². The number of piperidine rings is 1. The first-order chi connectivity index (χ1) is 13.6. The number of aromatic nitrogens is 2. The van der Waals surface area contributed by atoms with E-state index in [0.717, 1.165) is 36.1 Å². The van der Waals surface area contributed by atoms with Gasteiger partial charge in [0.05, 0.1) is 11.7 Å². The highest BCUT2D eigenvalue weighted by Crippen LogP contribution is 2.36. The van der Waals surface area contributed by atoms with E-state index in [9.17, 15) is 9.18 Å². The van der Waals surface area contributed by atoms with Gasteiger partial charge in [-0.1, -0.05) is 30.3 Å². The minimum atomic E-state index is -0.360. The molecule has 3 aromatic rings. The number of carbonyl (C=O) groups is 1. The van der Waals surface area contributed by atoms with E-state index in [1.807, 2.05) is 35.2 Å². The summed E-state index contributed by atoms with van der Waals surface area (Å²) in [6.07, 6.45) is 4.44. The van der Waals surface area contributed by atoms with Gasteiger partial charge in [-0.2, -0.15) is 0 Å². The minimum Gasteiger partial charge on any atom is -0.368 e. The second-order valence-electron chi connectivity index (χ2n) is 6.91. The number of hydrogen-bond donors (Lipinski definition) is 1. The summed E-state index contributed by atoms with van der Waals surface area (Å²) in [5.74, 6) is -0.294. The fourth-order valence-electron chi connectivity index (χ4n) is 3.72. The molecule has 1 amide bonds. The molecule has 1 fully saturated rings. The molecule has 2 N–H and O–H groups in total. The third-order valence-electron chi connectivity index (χ3n) is 5.09. The van der Waals surface area contributed by atoms with Crippen molar-refractivity contribution in [2.45, 2.75) is 25.3 Å². The van der Waals surface area contributed by atoms with Gasteiger partial charge in [0.2, 0.25) is 5.95 Å². The summed E-state index contributed by atoms with van der Waals surface area (Å²) in [4.78, 5) is 23.7. The molecule has 4 rings (SSSR count). The van der Waals surface area contributed by atoms with E-state index < -0.39 is 0 Å². The van der Waals surface area contributed by atoms with Crippen LogP contribution in [0.15, 0.2) is 60.8 Å². The summed E-state index contributed by atoms with van der Waals surface area (Å²) in [5, 5.41) is 0. The molecule has 1 aliphatic rings. The Balaban J connectivity index is 1.75. The van der Waals surface area contributed by atoms with E-state index in [-0.39, 0.29) is 23.7 Å². The van der Waals surface area contributed by atoms with E-state index in [2.05, 4.69) is 9.97 Å². The number of anilines is 1. The number of likely N-dealkylation sites (tertiary alicyclic amines) is 1. The third-order valence-corrected chi connectivity index (χ3v) is 5.09. The molecule has 1 atom stereocenters. The largest absolute Gasteiger partial charge is 0.368 e. The molecule has 2 heterocycles. The van der Waals surface area contributed by atoms with E-state index >= 15 is 0 Å². The SMILES string of the molecule is Nc1ncc(-c2ccccc2)c([C@@H]2CCCCN2C(=O)c2ccc(F)cc2)n1. The second kappa shape index (κ2) is 7.76. The second-order valence-corrected chi connectivity index (χ2v) is 6.91. The molecule has 1 aliphatic heterocycles. The van der Waals surface area contributed by atoms with Crippen LogP contribution in [0.3, 0.4) is 0 Å². The summed E-state index contributed by atoms with van der Waals surface area (Å²) < 4.78 is 13.3. The number of rotatable bonds is 3. The summed E-state index contributed by atoms with van der Waals surface area (Å²) in [6, 6.07) is 15.3. The summed E-state index contributed by atoms with van der Waals surface area (Å²) in [7, 11) is 0. The van der Waals surface area contributed by atoms with Crippen LogP contribution >= 0.6 is 0 Å². The van der Waals surface area contributed by atoms with E-state index in [0.29, 0.717) is 12.1 Å². The maximum atomic E-state index is 13.3. The monoisotopic (exact) mass is 376 g/mol. The summed E-state index contributed by atoms with van der Waals surface area (Å²) in [6.45, 7) is 0.624. The van der Waals surface area contributed by atoms with Crippen molar-refractivity contribution in [3.8, 4) is 11.1 Å². The molecule has 0 bridgehead atoms. The summed E-state index contributed by atoms with van der Waals surface area (Å²) in [5.41, 5.74) is 8.98. The number of nitrogens with zero attached hydrogens (tertiary/aromatic N) is 3. The standard InChI is InChI=1S/C22H21FN4O/c23-17-11-9-16(10-12-17)21(28)27-13-5-4-8-19(27)20-18(14-25-22(24)26-20)15-6-2-1-3-7-15/h1-3,6-7,9-12,14,19H,4-5,8,13H2,(H2,24,25,26)/t19-/m0/s1. The van der Waals surface area contributed by atoms with Gasteiger partial charge >= 0.3 is 0 Å². The number of benzene rings is 2. The van der Waals surface area contributed by atoms with Gasteiger partial charge in [0.15, 0.2) is 0 Å². The highest BCUT2D eigenvalue weighted by atomic mass is 19.1. The molecule has 28 heavy (non-hydrogen) atoms. The van der Waals surface area contributed by atoms with Crippen molar-refractivity contribution < 1.29 is 9.18 Å². The highest BCUT2D eigenvalue weighted by Gasteiger charge is 2.31. The zero-order valence-corrected chi connectivity index (χ0v) is 15.4. The van der Waals surface area contributed by atoms with Crippen LogP contribution in [0.25, 0.3) is 11.1 Å². The van der Waals surface area contributed by atoms with Crippen LogP contribution in [0.5, 0.6) is 0 Å². The molecule has 1 saturated heterocycles. The third kappa shape index (κ3) is 3.58. The Labute approximate surface area is 163 Å². The number of amides is 1. The van der Waals surface area contributed by atoms with Crippen molar-refractivity contribution in [2.24, 2.45) is 0 Å². The Morgan fingerprint density at radius 3 is 2.57 bits per heavy atom. The van der Waals surface area contributed by atoms with Crippen molar-refractivity contribution in [1.29, 1.82) is 0 Å². The molecule has 1 aromatic heterocycles. The molecule has 0 spiro atoms. The first-order valence-corrected chi connectivity index (χ1v) is 9.38. The van der Waals surface area contributed by atoms with Gasteiger partial charge in [-0.25, -0.2) is 14.4 Å². The van der Waals surface area contributed by atoms with Gasteiger partial charge in [-0.3, -0.25) is 4.79 Å². The van der Waals surface area contributed by atoms with Crippen molar-refractivity contribution in [1.82, 2.24) is 14.9 Å². The minimum absolute atomic E-state index is 0.124. The molecule has 2 aromatic carbocycles. The number of nitrogen functional groups attached to an aromatic ring is 1. The highest BCUT2D eigenvalue weighted by molar-refractivity contribution is 5.94. The van der Waals surface area contributed by atoms with Crippen molar-refractivity contribution in [3.63, 3.8) is 0 Å². The maximum Gasteiger partial charge on any atom is 0.254 e. The Bertz CT molecular complexity index is 976. The molecule has 142 valence electrons. The zero-order chi connectivity index (χ0) is 19.5. The fourth-order valence-corrected chi connectivity index (χ4v) is 3.72. The van der Waals surface area contributed by atoms with E-state index in [1.165, 1.54) is 24.3 Å². The number of halogens is 1. The molecule has 0 saturated carbocycles. The van der Waals surface area contributed by atoms with Crippen LogP contribution in [0, 0.1) is 5.82 Å². The smallest absolute Gasteiger partial charge is 0.254 e. The molecule has 0 radical (unpaired) electrons. The lowest BCUT2D eigenvalue weighted by Gasteiger charge is -2.36. The van der Waals surface area contributed by atoms with Crippen molar-refractivity contribution in [2.75, 3.05) is 12.3 Å². The van der Waals surface area contributed by atoms with Gasteiger partial charge < -0.3 is 10.6 Å². The first kappa shape index (κ1) is 18.1. The fraction of sp³-hybridized carbons (Fsp3) is 0.227. The Morgan fingerprint density at radius 1 is 1.07 bits per heavy atom. The van der Waals surface area contributed by atoms with Crippen LogP contribution in [-0.2, 0) is 0 Å². The van der Waals surface area contributed by atoms with Gasteiger partial charge in [-0.15, -0.1) is 0 Å². The molecular formula is C22H21FN4O. The van der Waals surface area contributed by atoms with E-state index in [1.54, 1.807) is 6.20 Å². The lowest BCUT2D eigenvalue weighted by molar-refractivity contribution is 0.0607. The number of hydrogen-bond acceptors (Lipinski definition) is 4. The van der Waals surface area contributed by atoms with Gasteiger partial charge in [0.1, 0.15) is 5.82 Å². The number of nitrogens with two attached hydrogens (primary N) is 1. The van der Waals surface area contributed by atoms with Gasteiger partial charge in [0, 0.05) is 23.9 Å². The molecule has 0 aliphatic carbocycles. The normalized spacial score (nSPS) is 16.8. The van der Waals surface area contributed by atoms with Crippen molar-refractivity contribution >= 4 is 11.9 Å². The predicted octanol–water partition coefficient (Wildman–Crippen LogP) is 4.23. The Kier molecular flexibility index (Phi) is 5.02. The maximum absolute atomic E-state index is 13.3. The molecule has 6 heteroatoms. The summed E-state index contributed by atoms with van der Waals surface area (Å²) >= 11 is 0. The van der Waals surface area contributed by atoms with Crippen LogP contribution in [0.2, 0.25) is 0 Å². The lowest BCUT2D eigenvalue weighted by Crippen LogP contribution is -2.39. The average Bonchev–Trinajstić information content (AvgIpc) is 2.74. The van der Waals surface area contributed by atoms with E-state index in [4.69, 9.17) is 5.73 Å². The number of carbonyl (C=O) groups excluding carboxylic acids is 1. The van der Waals surface area contributed by atoms with Gasteiger partial charge in [0.25, 0.3) is 5.91 Å². The Hall–Kier alpha value is -3.28.